The van der Waals surface area contributed by atoms with Crippen LogP contribution in [-0.4, -0.2) is 37.0 Å². The SMILES string of the molecule is C#CCS/C(=C(\C#N)N=Nc1ccccc1)N1CCOCC1. The molecule has 0 unspecified atom stereocenters. The molecule has 1 saturated heterocycles. The topological polar surface area (TPSA) is 61.0 Å². The van der Waals surface area contributed by atoms with E-state index in [1.165, 1.54) is 11.8 Å². The Morgan fingerprint density at radius 3 is 2.68 bits per heavy atom. The number of allylic oxidation sites excluding steroid dienone is 1. The van der Waals surface area contributed by atoms with E-state index in [0.29, 0.717) is 24.7 Å². The molecule has 6 heteroatoms. The minimum atomic E-state index is 0.283. The molecule has 0 amide bonds. The van der Waals surface area contributed by atoms with Crippen molar-refractivity contribution in [3.8, 4) is 18.4 Å². The lowest BCUT2D eigenvalue weighted by molar-refractivity contribution is 0.0573. The number of nitriles is 1. The van der Waals surface area contributed by atoms with Gasteiger partial charge < -0.3 is 9.64 Å². The maximum absolute atomic E-state index is 9.42. The van der Waals surface area contributed by atoms with Gasteiger partial charge >= 0.3 is 0 Å². The van der Waals surface area contributed by atoms with E-state index < -0.39 is 0 Å². The molecule has 0 atom stereocenters. The summed E-state index contributed by atoms with van der Waals surface area (Å²) in [6.45, 7) is 2.71. The number of azo groups is 1. The zero-order chi connectivity index (χ0) is 15.6. The van der Waals surface area contributed by atoms with Gasteiger partial charge in [0.2, 0.25) is 0 Å². The van der Waals surface area contributed by atoms with Crippen LogP contribution in [0.25, 0.3) is 0 Å². The lowest BCUT2D eigenvalue weighted by Gasteiger charge is -2.30. The van der Waals surface area contributed by atoms with Gasteiger partial charge in [0, 0.05) is 13.1 Å². The van der Waals surface area contributed by atoms with Gasteiger partial charge in [0.15, 0.2) is 5.70 Å². The van der Waals surface area contributed by atoms with E-state index in [1.54, 1.807) is 0 Å². The van der Waals surface area contributed by atoms with E-state index in [2.05, 4.69) is 27.1 Å². The summed E-state index contributed by atoms with van der Waals surface area (Å²) in [5, 5.41) is 18.4. The molecule has 1 aliphatic heterocycles. The third-order valence-corrected chi connectivity index (χ3v) is 3.96. The van der Waals surface area contributed by atoms with Crippen LogP contribution >= 0.6 is 11.8 Å². The molecule has 0 spiro atoms. The summed E-state index contributed by atoms with van der Waals surface area (Å²) in [5.74, 6) is 3.06. The van der Waals surface area contributed by atoms with Gasteiger partial charge in [-0.25, -0.2) is 0 Å². The Kier molecular flexibility index (Phi) is 6.50. The van der Waals surface area contributed by atoms with Crippen LogP contribution in [0.3, 0.4) is 0 Å². The molecule has 1 aromatic rings. The maximum Gasteiger partial charge on any atom is 0.192 e. The number of thioether (sulfide) groups is 1. The van der Waals surface area contributed by atoms with Crippen molar-refractivity contribution in [1.82, 2.24) is 4.90 Å². The van der Waals surface area contributed by atoms with Crippen LogP contribution in [0.5, 0.6) is 0 Å². The van der Waals surface area contributed by atoms with Crippen LogP contribution in [0.2, 0.25) is 0 Å². The number of hydrogen-bond acceptors (Lipinski definition) is 6. The van der Waals surface area contributed by atoms with Crippen LogP contribution in [0.4, 0.5) is 5.69 Å². The highest BCUT2D eigenvalue weighted by atomic mass is 32.2. The Balaban J connectivity index is 2.25. The van der Waals surface area contributed by atoms with E-state index in [4.69, 9.17) is 11.2 Å². The second-order valence-electron chi connectivity index (χ2n) is 4.39. The Morgan fingerprint density at radius 2 is 2.05 bits per heavy atom. The molecule has 1 aliphatic rings. The second kappa shape index (κ2) is 8.89. The fourth-order valence-corrected chi connectivity index (χ4v) is 2.71. The van der Waals surface area contributed by atoms with Crippen molar-refractivity contribution in [2.24, 2.45) is 10.2 Å². The summed E-state index contributed by atoms with van der Waals surface area (Å²) in [6, 6.07) is 11.5. The predicted octanol–water partition coefficient (Wildman–Crippen LogP) is 3.16. The minimum absolute atomic E-state index is 0.283. The average Bonchev–Trinajstić information content (AvgIpc) is 2.59. The summed E-state index contributed by atoms with van der Waals surface area (Å²) >= 11 is 1.43. The average molecular weight is 312 g/mol. The van der Waals surface area contributed by atoms with E-state index in [1.807, 2.05) is 30.3 Å². The van der Waals surface area contributed by atoms with Gasteiger partial charge in [-0.1, -0.05) is 35.9 Å². The highest BCUT2D eigenvalue weighted by Crippen LogP contribution is 2.26. The molecule has 2 rings (SSSR count). The molecule has 0 N–H and O–H groups in total. The van der Waals surface area contributed by atoms with E-state index in [0.717, 1.165) is 18.1 Å². The van der Waals surface area contributed by atoms with Crippen LogP contribution in [0, 0.1) is 23.7 Å². The summed E-state index contributed by atoms with van der Waals surface area (Å²) in [7, 11) is 0. The van der Waals surface area contributed by atoms with Crippen molar-refractivity contribution in [2.45, 2.75) is 0 Å². The lowest BCUT2D eigenvalue weighted by atomic mass is 10.3. The number of rotatable bonds is 5. The number of terminal acetylenes is 1. The van der Waals surface area contributed by atoms with Crippen molar-refractivity contribution in [3.63, 3.8) is 0 Å². The number of benzene rings is 1. The van der Waals surface area contributed by atoms with Crippen LogP contribution < -0.4 is 0 Å². The van der Waals surface area contributed by atoms with Gasteiger partial charge in [-0.15, -0.1) is 16.7 Å². The molecular formula is C16H16N4OS. The highest BCUT2D eigenvalue weighted by molar-refractivity contribution is 8.03. The fraction of sp³-hybridized carbons (Fsp3) is 0.312. The second-order valence-corrected chi connectivity index (χ2v) is 5.36. The zero-order valence-electron chi connectivity index (χ0n) is 12.1. The standard InChI is InChI=1S/C16H16N4OS/c1-2-12-22-16(20-8-10-21-11-9-20)15(13-17)19-18-14-6-4-3-5-7-14/h1,3-7H,8-12H2/b16-15+,19-18?. The number of ether oxygens (including phenoxy) is 1. The van der Waals surface area contributed by atoms with Gasteiger partial charge in [-0.05, 0) is 12.1 Å². The number of hydrogen-bond donors (Lipinski definition) is 0. The molecule has 0 saturated carbocycles. The maximum atomic E-state index is 9.42. The minimum Gasteiger partial charge on any atom is -0.378 e. The van der Waals surface area contributed by atoms with Crippen molar-refractivity contribution in [1.29, 1.82) is 5.26 Å². The first-order chi connectivity index (χ1) is 10.8. The summed E-state index contributed by atoms with van der Waals surface area (Å²) in [6.07, 6.45) is 5.34. The van der Waals surface area contributed by atoms with Gasteiger partial charge in [0.1, 0.15) is 11.1 Å². The smallest absolute Gasteiger partial charge is 0.192 e. The molecule has 5 nitrogen and oxygen atoms in total. The van der Waals surface area contributed by atoms with Crippen molar-refractivity contribution in [3.05, 3.63) is 41.1 Å². The number of morpholine rings is 1. The third-order valence-electron chi connectivity index (χ3n) is 2.92. The molecule has 0 bridgehead atoms. The summed E-state index contributed by atoms with van der Waals surface area (Å²) < 4.78 is 5.35. The first kappa shape index (κ1) is 16.1. The molecule has 1 heterocycles. The first-order valence-corrected chi connectivity index (χ1v) is 7.84. The molecule has 1 fully saturated rings. The monoisotopic (exact) mass is 312 g/mol. The molecule has 0 aromatic heterocycles. The van der Waals surface area contributed by atoms with Gasteiger partial charge in [0.05, 0.1) is 24.7 Å². The normalized spacial score (nSPS) is 16.0. The summed E-state index contributed by atoms with van der Waals surface area (Å²) in [5.41, 5.74) is 0.990. The Labute approximate surface area is 134 Å². The zero-order valence-corrected chi connectivity index (χ0v) is 12.9. The van der Waals surface area contributed by atoms with E-state index in [9.17, 15) is 5.26 Å². The highest BCUT2D eigenvalue weighted by Gasteiger charge is 2.18. The van der Waals surface area contributed by atoms with Gasteiger partial charge in [-0.2, -0.15) is 5.26 Å². The van der Waals surface area contributed by atoms with Crippen molar-refractivity contribution in [2.75, 3.05) is 32.1 Å². The molecule has 22 heavy (non-hydrogen) atoms. The molecule has 0 radical (unpaired) electrons. The molecule has 1 aromatic carbocycles. The largest absolute Gasteiger partial charge is 0.378 e. The third kappa shape index (κ3) is 4.63. The summed E-state index contributed by atoms with van der Waals surface area (Å²) in [4.78, 5) is 2.08. The van der Waals surface area contributed by atoms with Crippen LogP contribution in [0.15, 0.2) is 51.3 Å². The predicted molar refractivity (Wildman–Crippen MR) is 87.3 cm³/mol. The Bertz CT molecular complexity index is 622. The Hall–Kier alpha value is -2.28. The first-order valence-electron chi connectivity index (χ1n) is 6.85. The van der Waals surface area contributed by atoms with Crippen LogP contribution in [-0.2, 0) is 4.74 Å². The number of nitrogens with zero attached hydrogens (tertiary/aromatic N) is 4. The lowest BCUT2D eigenvalue weighted by Crippen LogP contribution is -2.35. The Morgan fingerprint density at radius 1 is 1.32 bits per heavy atom. The van der Waals surface area contributed by atoms with Gasteiger partial charge in [0.25, 0.3) is 0 Å². The fourth-order valence-electron chi connectivity index (χ4n) is 1.90. The molecule has 0 aliphatic carbocycles. The molecular weight excluding hydrogens is 296 g/mol. The van der Waals surface area contributed by atoms with Crippen molar-refractivity contribution >= 4 is 17.4 Å². The van der Waals surface area contributed by atoms with E-state index in [-0.39, 0.29) is 5.70 Å². The van der Waals surface area contributed by atoms with Crippen molar-refractivity contribution < 1.29 is 4.74 Å². The van der Waals surface area contributed by atoms with E-state index >= 15 is 0 Å². The van der Waals surface area contributed by atoms with Crippen LogP contribution in [0.1, 0.15) is 0 Å². The van der Waals surface area contributed by atoms with Gasteiger partial charge in [-0.3, -0.25) is 0 Å². The molecule has 112 valence electrons. The quantitative estimate of drug-likeness (QED) is 0.476.